The summed E-state index contributed by atoms with van der Waals surface area (Å²) >= 11 is 0. The van der Waals surface area contributed by atoms with Crippen LogP contribution in [0.15, 0.2) is 54.6 Å². The first-order valence-corrected chi connectivity index (χ1v) is 9.74. The number of fused-ring (bicyclic) bond motifs is 2. The second-order valence-corrected chi connectivity index (χ2v) is 7.76. The van der Waals surface area contributed by atoms with Crippen molar-refractivity contribution in [2.45, 2.75) is 25.5 Å². The first-order valence-electron chi connectivity index (χ1n) is 9.74. The Hall–Kier alpha value is -2.43. The Bertz CT molecular complexity index is 972. The molecule has 0 spiro atoms. The predicted octanol–water partition coefficient (Wildman–Crippen LogP) is 3.21. The fraction of sp³-hybridized carbons (Fsp3) is 0.348. The SMILES string of the molecule is O[C@@H]1CN(Cc2ccc3c(c2)CCO3)C[C@H]1Cc1ccc2ccccc2n1. The monoisotopic (exact) mass is 360 g/mol. The van der Waals surface area contributed by atoms with Crippen LogP contribution in [0.2, 0.25) is 0 Å². The molecule has 4 nitrogen and oxygen atoms in total. The van der Waals surface area contributed by atoms with E-state index in [1.54, 1.807) is 0 Å². The van der Waals surface area contributed by atoms with Crippen LogP contribution in [0.5, 0.6) is 5.75 Å². The number of para-hydroxylation sites is 1. The fourth-order valence-corrected chi connectivity index (χ4v) is 4.36. The van der Waals surface area contributed by atoms with E-state index in [0.717, 1.165) is 61.4 Å². The maximum Gasteiger partial charge on any atom is 0.122 e. The molecule has 0 saturated carbocycles. The standard InChI is InChI=1S/C23H24N2O2/c26-22-15-25(13-16-5-8-23-18(11-16)9-10-27-23)14-19(22)12-20-7-6-17-3-1-2-4-21(17)24-20/h1-8,11,19,22,26H,9-10,12-15H2/t19-,22-/m1/s1. The topological polar surface area (TPSA) is 45.6 Å². The van der Waals surface area contributed by atoms with E-state index in [1.165, 1.54) is 11.1 Å². The smallest absolute Gasteiger partial charge is 0.122 e. The van der Waals surface area contributed by atoms with E-state index in [0.29, 0.717) is 0 Å². The zero-order valence-corrected chi connectivity index (χ0v) is 15.3. The Morgan fingerprint density at radius 2 is 2.00 bits per heavy atom. The van der Waals surface area contributed by atoms with Gasteiger partial charge in [0, 0.05) is 43.1 Å². The van der Waals surface area contributed by atoms with Crippen LogP contribution < -0.4 is 4.74 Å². The Kier molecular flexibility index (Phi) is 4.30. The van der Waals surface area contributed by atoms with Crippen molar-refractivity contribution in [3.05, 3.63) is 71.4 Å². The number of aromatic nitrogens is 1. The highest BCUT2D eigenvalue weighted by molar-refractivity contribution is 5.78. The third kappa shape index (κ3) is 3.43. The maximum absolute atomic E-state index is 10.6. The summed E-state index contributed by atoms with van der Waals surface area (Å²) in [5.41, 5.74) is 4.70. The summed E-state index contributed by atoms with van der Waals surface area (Å²) in [6.45, 7) is 3.31. The van der Waals surface area contributed by atoms with Crippen LogP contribution in [0.1, 0.15) is 16.8 Å². The number of hydrogen-bond donors (Lipinski definition) is 1. The van der Waals surface area contributed by atoms with Gasteiger partial charge >= 0.3 is 0 Å². The Labute approximate surface area is 159 Å². The molecule has 2 aliphatic heterocycles. The largest absolute Gasteiger partial charge is 0.493 e. The van der Waals surface area contributed by atoms with Crippen molar-refractivity contribution in [2.24, 2.45) is 5.92 Å². The summed E-state index contributed by atoms with van der Waals surface area (Å²) in [5, 5.41) is 11.7. The molecule has 2 atom stereocenters. The lowest BCUT2D eigenvalue weighted by molar-refractivity contribution is 0.140. The Morgan fingerprint density at radius 1 is 1.07 bits per heavy atom. The molecule has 138 valence electrons. The van der Waals surface area contributed by atoms with Crippen LogP contribution in [0.4, 0.5) is 0 Å². The molecule has 5 rings (SSSR count). The number of likely N-dealkylation sites (tertiary alicyclic amines) is 1. The zero-order valence-electron chi connectivity index (χ0n) is 15.3. The molecule has 0 aliphatic carbocycles. The molecule has 1 aromatic heterocycles. The summed E-state index contributed by atoms with van der Waals surface area (Å²) in [5.74, 6) is 1.26. The lowest BCUT2D eigenvalue weighted by atomic mass is 9.99. The van der Waals surface area contributed by atoms with Crippen molar-refractivity contribution in [2.75, 3.05) is 19.7 Å². The van der Waals surface area contributed by atoms with Crippen molar-refractivity contribution in [3.63, 3.8) is 0 Å². The minimum absolute atomic E-state index is 0.233. The van der Waals surface area contributed by atoms with Crippen molar-refractivity contribution in [3.8, 4) is 5.75 Å². The second kappa shape index (κ2) is 6.95. The minimum Gasteiger partial charge on any atom is -0.493 e. The number of aliphatic hydroxyl groups is 1. The molecule has 0 bridgehead atoms. The predicted molar refractivity (Wildman–Crippen MR) is 106 cm³/mol. The molecule has 1 N–H and O–H groups in total. The highest BCUT2D eigenvalue weighted by Crippen LogP contribution is 2.28. The average Bonchev–Trinajstić information content (AvgIpc) is 3.28. The Balaban J connectivity index is 1.26. The summed E-state index contributed by atoms with van der Waals surface area (Å²) < 4.78 is 5.59. The molecular formula is C23H24N2O2. The first-order chi connectivity index (χ1) is 13.2. The molecule has 0 unspecified atom stereocenters. The number of hydrogen-bond acceptors (Lipinski definition) is 4. The summed E-state index contributed by atoms with van der Waals surface area (Å²) in [6.07, 6.45) is 1.53. The summed E-state index contributed by atoms with van der Waals surface area (Å²) in [7, 11) is 0. The van der Waals surface area contributed by atoms with Gasteiger partial charge in [-0.05, 0) is 35.7 Å². The van der Waals surface area contributed by atoms with Crippen molar-refractivity contribution >= 4 is 10.9 Å². The van der Waals surface area contributed by atoms with E-state index in [-0.39, 0.29) is 12.0 Å². The number of rotatable bonds is 4. The second-order valence-electron chi connectivity index (χ2n) is 7.76. The van der Waals surface area contributed by atoms with E-state index in [1.807, 2.05) is 18.2 Å². The molecule has 0 amide bonds. The highest BCUT2D eigenvalue weighted by atomic mass is 16.5. The van der Waals surface area contributed by atoms with E-state index in [2.05, 4.69) is 41.3 Å². The summed E-state index contributed by atoms with van der Waals surface area (Å²) in [6, 6.07) is 18.9. The normalized spacial score (nSPS) is 22.1. The molecule has 1 saturated heterocycles. The van der Waals surface area contributed by atoms with Gasteiger partial charge in [-0.15, -0.1) is 0 Å². The van der Waals surface area contributed by atoms with Crippen molar-refractivity contribution < 1.29 is 9.84 Å². The fourth-order valence-electron chi connectivity index (χ4n) is 4.36. The van der Waals surface area contributed by atoms with Crippen molar-refractivity contribution in [1.29, 1.82) is 0 Å². The van der Waals surface area contributed by atoms with Crippen LogP contribution in [0.25, 0.3) is 10.9 Å². The molecule has 4 heteroatoms. The van der Waals surface area contributed by atoms with Gasteiger partial charge in [0.25, 0.3) is 0 Å². The number of benzene rings is 2. The third-order valence-electron chi connectivity index (χ3n) is 5.77. The summed E-state index contributed by atoms with van der Waals surface area (Å²) in [4.78, 5) is 7.13. The molecule has 3 heterocycles. The van der Waals surface area contributed by atoms with E-state index in [9.17, 15) is 5.11 Å². The van der Waals surface area contributed by atoms with Crippen LogP contribution in [0, 0.1) is 5.92 Å². The Morgan fingerprint density at radius 3 is 2.96 bits per heavy atom. The number of pyridine rings is 1. The quantitative estimate of drug-likeness (QED) is 0.776. The van der Waals surface area contributed by atoms with Crippen LogP contribution >= 0.6 is 0 Å². The average molecular weight is 360 g/mol. The van der Waals surface area contributed by atoms with Crippen LogP contribution in [-0.4, -0.2) is 40.8 Å². The molecule has 27 heavy (non-hydrogen) atoms. The number of aliphatic hydroxyl groups excluding tert-OH is 1. The van der Waals surface area contributed by atoms with Gasteiger partial charge in [-0.1, -0.05) is 36.4 Å². The van der Waals surface area contributed by atoms with E-state index >= 15 is 0 Å². The van der Waals surface area contributed by atoms with Gasteiger partial charge in [-0.25, -0.2) is 0 Å². The van der Waals surface area contributed by atoms with Gasteiger partial charge in [0.15, 0.2) is 0 Å². The highest BCUT2D eigenvalue weighted by Gasteiger charge is 2.31. The molecule has 2 aromatic carbocycles. The van der Waals surface area contributed by atoms with Gasteiger partial charge < -0.3 is 9.84 Å². The van der Waals surface area contributed by atoms with Crippen LogP contribution in [0.3, 0.4) is 0 Å². The van der Waals surface area contributed by atoms with Crippen molar-refractivity contribution in [1.82, 2.24) is 9.88 Å². The van der Waals surface area contributed by atoms with Crippen LogP contribution in [-0.2, 0) is 19.4 Å². The third-order valence-corrected chi connectivity index (χ3v) is 5.77. The molecule has 0 radical (unpaired) electrons. The molecule has 1 fully saturated rings. The maximum atomic E-state index is 10.6. The van der Waals surface area contributed by atoms with Gasteiger partial charge in [0.1, 0.15) is 5.75 Å². The molecular weight excluding hydrogens is 336 g/mol. The first kappa shape index (κ1) is 16.7. The number of β-amino-alcohol motifs (C(OH)–C–C–N with tert-alkyl or cyclic N) is 1. The van der Waals surface area contributed by atoms with E-state index < -0.39 is 0 Å². The lowest BCUT2D eigenvalue weighted by Gasteiger charge is -2.16. The van der Waals surface area contributed by atoms with Gasteiger partial charge in [-0.3, -0.25) is 9.88 Å². The molecule has 2 aliphatic rings. The minimum atomic E-state index is -0.295. The van der Waals surface area contributed by atoms with Gasteiger partial charge in [-0.2, -0.15) is 0 Å². The lowest BCUT2D eigenvalue weighted by Crippen LogP contribution is -2.21. The van der Waals surface area contributed by atoms with E-state index in [4.69, 9.17) is 9.72 Å². The zero-order chi connectivity index (χ0) is 18.2. The number of nitrogens with zero attached hydrogens (tertiary/aromatic N) is 2. The van der Waals surface area contributed by atoms with Gasteiger partial charge in [0.05, 0.1) is 18.2 Å². The molecule has 3 aromatic rings. The van der Waals surface area contributed by atoms with Gasteiger partial charge in [0.2, 0.25) is 0 Å². The number of ether oxygens (including phenoxy) is 1.